The Morgan fingerprint density at radius 1 is 1.54 bits per heavy atom. The molecule has 0 aromatic carbocycles. The van der Waals surface area contributed by atoms with Crippen LogP contribution in [-0.2, 0) is 9.53 Å². The van der Waals surface area contributed by atoms with Gasteiger partial charge in [-0.05, 0) is 31.7 Å². The highest BCUT2D eigenvalue weighted by Gasteiger charge is 2.52. The average molecular weight is 206 g/mol. The van der Waals surface area contributed by atoms with E-state index < -0.39 is 0 Å². The van der Waals surface area contributed by atoms with Crippen molar-refractivity contribution in [2.75, 3.05) is 13.7 Å². The number of carbonyl (C=O) groups excluding carboxylic acids is 1. The molecule has 3 nitrogen and oxygen atoms in total. The van der Waals surface area contributed by atoms with Crippen molar-refractivity contribution in [3.05, 3.63) is 0 Å². The average Bonchev–Trinajstić information content (AvgIpc) is 2.60. The molecule has 1 saturated carbocycles. The largest absolute Gasteiger partial charge is 0.468 e. The van der Waals surface area contributed by atoms with E-state index in [1.54, 1.807) is 0 Å². The van der Waals surface area contributed by atoms with E-state index in [-0.39, 0.29) is 23.9 Å². The van der Waals surface area contributed by atoms with Crippen molar-refractivity contribution in [2.45, 2.75) is 31.2 Å². The Morgan fingerprint density at radius 2 is 2.31 bits per heavy atom. The summed E-state index contributed by atoms with van der Waals surface area (Å²) in [5.41, 5.74) is -0.297. The molecule has 13 heavy (non-hydrogen) atoms. The van der Waals surface area contributed by atoms with Crippen LogP contribution in [0.1, 0.15) is 25.7 Å². The number of hydrogen-bond donors (Lipinski definition) is 1. The van der Waals surface area contributed by atoms with Crippen LogP contribution in [0.15, 0.2) is 0 Å². The van der Waals surface area contributed by atoms with Gasteiger partial charge in [0.1, 0.15) is 5.54 Å². The highest BCUT2D eigenvalue weighted by atomic mass is 35.5. The Labute approximate surface area is 84.6 Å². The van der Waals surface area contributed by atoms with Gasteiger partial charge in [0.05, 0.1) is 7.11 Å². The summed E-state index contributed by atoms with van der Waals surface area (Å²) in [5.74, 6) is 0.479. The van der Waals surface area contributed by atoms with Crippen LogP contribution in [0.3, 0.4) is 0 Å². The van der Waals surface area contributed by atoms with Crippen molar-refractivity contribution in [1.82, 2.24) is 5.32 Å². The van der Waals surface area contributed by atoms with Gasteiger partial charge in [0.25, 0.3) is 0 Å². The number of hydrogen-bond acceptors (Lipinski definition) is 3. The minimum atomic E-state index is -0.297. The second-order valence-corrected chi connectivity index (χ2v) is 3.77. The molecular formula is C9H16ClNO2. The van der Waals surface area contributed by atoms with Crippen molar-refractivity contribution >= 4 is 18.4 Å². The normalized spacial score (nSPS) is 36.5. The van der Waals surface area contributed by atoms with Gasteiger partial charge in [0, 0.05) is 0 Å². The molecule has 2 unspecified atom stereocenters. The van der Waals surface area contributed by atoms with Crippen LogP contribution in [0.5, 0.6) is 0 Å². The first-order valence-electron chi connectivity index (χ1n) is 4.63. The Hall–Kier alpha value is -0.280. The zero-order chi connectivity index (χ0) is 8.60. The third kappa shape index (κ3) is 1.44. The molecule has 2 aliphatic rings. The highest BCUT2D eigenvalue weighted by Crippen LogP contribution is 2.41. The third-order valence-corrected chi connectivity index (χ3v) is 3.30. The Balaban J connectivity index is 0.000000845. The quantitative estimate of drug-likeness (QED) is 0.652. The van der Waals surface area contributed by atoms with Gasteiger partial charge < -0.3 is 10.1 Å². The maximum absolute atomic E-state index is 11.5. The van der Waals surface area contributed by atoms with Gasteiger partial charge in [0.2, 0.25) is 0 Å². The molecule has 4 heteroatoms. The van der Waals surface area contributed by atoms with Crippen molar-refractivity contribution < 1.29 is 9.53 Å². The molecule has 0 radical (unpaired) electrons. The molecule has 1 heterocycles. The van der Waals surface area contributed by atoms with Crippen LogP contribution < -0.4 is 5.32 Å². The number of rotatable bonds is 1. The number of nitrogens with one attached hydrogen (secondary N) is 1. The SMILES string of the molecule is COC(=O)C12CCCC1CCN2.Cl. The van der Waals surface area contributed by atoms with E-state index in [1.165, 1.54) is 13.5 Å². The topological polar surface area (TPSA) is 38.3 Å². The molecule has 1 N–H and O–H groups in total. The van der Waals surface area contributed by atoms with Gasteiger partial charge in [-0.1, -0.05) is 6.42 Å². The summed E-state index contributed by atoms with van der Waals surface area (Å²) in [4.78, 5) is 11.5. The molecule has 2 fully saturated rings. The smallest absolute Gasteiger partial charge is 0.326 e. The molecule has 0 amide bonds. The van der Waals surface area contributed by atoms with Crippen LogP contribution in [-0.4, -0.2) is 25.2 Å². The summed E-state index contributed by atoms with van der Waals surface area (Å²) >= 11 is 0. The Morgan fingerprint density at radius 3 is 3.00 bits per heavy atom. The van der Waals surface area contributed by atoms with E-state index >= 15 is 0 Å². The van der Waals surface area contributed by atoms with Gasteiger partial charge in [0.15, 0.2) is 0 Å². The number of fused-ring (bicyclic) bond motifs is 1. The van der Waals surface area contributed by atoms with Gasteiger partial charge in [-0.25, -0.2) is 0 Å². The summed E-state index contributed by atoms with van der Waals surface area (Å²) in [7, 11) is 1.48. The molecule has 1 aliphatic carbocycles. The highest BCUT2D eigenvalue weighted by molar-refractivity contribution is 5.85. The first-order valence-corrected chi connectivity index (χ1v) is 4.63. The molecular weight excluding hydrogens is 190 g/mol. The second kappa shape index (κ2) is 3.84. The molecule has 0 spiro atoms. The predicted molar refractivity (Wildman–Crippen MR) is 52.0 cm³/mol. The van der Waals surface area contributed by atoms with Crippen LogP contribution >= 0.6 is 12.4 Å². The lowest BCUT2D eigenvalue weighted by molar-refractivity contribution is -0.149. The van der Waals surface area contributed by atoms with Crippen molar-refractivity contribution in [3.8, 4) is 0 Å². The lowest BCUT2D eigenvalue weighted by atomic mass is 9.89. The molecule has 0 bridgehead atoms. The van der Waals surface area contributed by atoms with Gasteiger partial charge in [-0.3, -0.25) is 4.79 Å². The van der Waals surface area contributed by atoms with E-state index in [1.807, 2.05) is 0 Å². The fourth-order valence-electron chi connectivity index (χ4n) is 2.69. The zero-order valence-corrected chi connectivity index (χ0v) is 8.65. The standard InChI is InChI=1S/C9H15NO2.ClH/c1-12-8(11)9-5-2-3-7(9)4-6-10-9;/h7,10H,2-6H2,1H3;1H. The monoisotopic (exact) mass is 205 g/mol. The van der Waals surface area contributed by atoms with Crippen LogP contribution in [0.4, 0.5) is 0 Å². The minimum Gasteiger partial charge on any atom is -0.468 e. The van der Waals surface area contributed by atoms with Crippen LogP contribution in [0.25, 0.3) is 0 Å². The van der Waals surface area contributed by atoms with Crippen molar-refractivity contribution in [2.24, 2.45) is 5.92 Å². The van der Waals surface area contributed by atoms with E-state index in [9.17, 15) is 4.79 Å². The van der Waals surface area contributed by atoms with E-state index in [0.29, 0.717) is 5.92 Å². The van der Waals surface area contributed by atoms with Crippen LogP contribution in [0, 0.1) is 5.92 Å². The van der Waals surface area contributed by atoms with Crippen molar-refractivity contribution in [3.63, 3.8) is 0 Å². The first kappa shape index (κ1) is 10.8. The molecule has 76 valence electrons. The summed E-state index contributed by atoms with van der Waals surface area (Å²) < 4.78 is 4.84. The molecule has 0 aromatic heterocycles. The molecule has 1 saturated heterocycles. The van der Waals surface area contributed by atoms with Crippen molar-refractivity contribution in [1.29, 1.82) is 0 Å². The number of halogens is 1. The molecule has 1 aliphatic heterocycles. The predicted octanol–water partition coefficient (Wildman–Crippen LogP) is 1.11. The molecule has 2 rings (SSSR count). The fourth-order valence-corrected chi connectivity index (χ4v) is 2.69. The number of esters is 1. The maximum Gasteiger partial charge on any atom is 0.326 e. The Kier molecular flexibility index (Phi) is 3.19. The van der Waals surface area contributed by atoms with Gasteiger partial charge in [-0.15, -0.1) is 12.4 Å². The lowest BCUT2D eigenvalue weighted by Crippen LogP contribution is -2.49. The number of ether oxygens (including phenoxy) is 1. The second-order valence-electron chi connectivity index (χ2n) is 3.77. The first-order chi connectivity index (χ1) is 5.79. The number of carbonyl (C=O) groups is 1. The molecule has 0 aromatic rings. The van der Waals surface area contributed by atoms with E-state index in [2.05, 4.69) is 5.32 Å². The summed E-state index contributed by atoms with van der Waals surface area (Å²) in [6.07, 6.45) is 4.44. The zero-order valence-electron chi connectivity index (χ0n) is 7.84. The lowest BCUT2D eigenvalue weighted by Gasteiger charge is -2.25. The fraction of sp³-hybridized carbons (Fsp3) is 0.889. The van der Waals surface area contributed by atoms with Crippen LogP contribution in [0.2, 0.25) is 0 Å². The molecule has 2 atom stereocenters. The summed E-state index contributed by atoms with van der Waals surface area (Å²) in [5, 5.41) is 3.31. The number of methoxy groups -OCH3 is 1. The maximum atomic E-state index is 11.5. The van der Waals surface area contributed by atoms with E-state index in [0.717, 1.165) is 25.8 Å². The summed E-state index contributed by atoms with van der Waals surface area (Å²) in [6.45, 7) is 0.972. The minimum absolute atomic E-state index is 0. The van der Waals surface area contributed by atoms with Gasteiger partial charge in [-0.2, -0.15) is 0 Å². The Bertz CT molecular complexity index is 198. The summed E-state index contributed by atoms with van der Waals surface area (Å²) in [6, 6.07) is 0. The van der Waals surface area contributed by atoms with E-state index in [4.69, 9.17) is 4.74 Å². The third-order valence-electron chi connectivity index (χ3n) is 3.30. The van der Waals surface area contributed by atoms with Gasteiger partial charge >= 0.3 is 5.97 Å².